The first kappa shape index (κ1) is 14.2. The number of hydrogen-bond acceptors (Lipinski definition) is 4. The summed E-state index contributed by atoms with van der Waals surface area (Å²) in [6, 6.07) is -0.827. The number of amides is 1. The van der Waals surface area contributed by atoms with Crippen molar-refractivity contribution in [1.82, 2.24) is 4.90 Å². The summed E-state index contributed by atoms with van der Waals surface area (Å²) in [6.45, 7) is 7.83. The van der Waals surface area contributed by atoms with Gasteiger partial charge in [-0.2, -0.15) is 0 Å². The maximum Gasteiger partial charge on any atom is 0.411 e. The number of carboxylic acids is 1. The van der Waals surface area contributed by atoms with Gasteiger partial charge >= 0.3 is 12.1 Å². The summed E-state index contributed by atoms with van der Waals surface area (Å²) < 4.78 is 4.59. The Morgan fingerprint density at radius 1 is 1.53 bits per heavy atom. The van der Waals surface area contributed by atoms with Gasteiger partial charge < -0.3 is 9.84 Å². The van der Waals surface area contributed by atoms with Crippen LogP contribution in [0.5, 0.6) is 0 Å². The summed E-state index contributed by atoms with van der Waals surface area (Å²) in [4.78, 5) is 24.3. The molecule has 1 aliphatic rings. The number of rotatable bonds is 3. The van der Waals surface area contributed by atoms with E-state index in [9.17, 15) is 14.7 Å². The van der Waals surface area contributed by atoms with E-state index in [1.165, 1.54) is 16.7 Å². The Morgan fingerprint density at radius 3 is 2.59 bits per heavy atom. The first-order chi connectivity index (χ1) is 7.75. The molecular weight excluding hydrogens is 242 g/mol. The lowest BCUT2D eigenvalue weighted by Crippen LogP contribution is -2.49. The molecule has 0 aromatic heterocycles. The number of nitrogens with zero attached hydrogens (tertiary/aromatic N) is 1. The fourth-order valence-electron chi connectivity index (χ4n) is 1.67. The molecule has 98 valence electrons. The predicted octanol–water partition coefficient (Wildman–Crippen LogP) is 2.02. The molecule has 0 aromatic rings. The maximum absolute atomic E-state index is 11.8. The minimum atomic E-state index is -0.985. The maximum atomic E-state index is 11.8. The van der Waals surface area contributed by atoms with Crippen LogP contribution in [0.3, 0.4) is 0 Å². The Balaban J connectivity index is 2.70. The van der Waals surface area contributed by atoms with Crippen LogP contribution < -0.4 is 0 Å². The van der Waals surface area contributed by atoms with Crippen molar-refractivity contribution < 1.29 is 19.4 Å². The minimum absolute atomic E-state index is 0.241. The third-order valence-electron chi connectivity index (χ3n) is 2.55. The van der Waals surface area contributed by atoms with Crippen LogP contribution in [0.1, 0.15) is 27.7 Å². The molecule has 1 rings (SSSR count). The predicted molar refractivity (Wildman–Crippen MR) is 66.0 cm³/mol. The largest absolute Gasteiger partial charge is 0.480 e. The molecule has 1 saturated heterocycles. The summed E-state index contributed by atoms with van der Waals surface area (Å²) in [6.07, 6.45) is -0.538. The van der Waals surface area contributed by atoms with Crippen molar-refractivity contribution in [1.29, 1.82) is 0 Å². The zero-order chi connectivity index (χ0) is 13.2. The number of carboxylic acid groups (broad SMARTS) is 1. The molecule has 1 N–H and O–H groups in total. The summed E-state index contributed by atoms with van der Waals surface area (Å²) in [5.74, 6) is -0.382. The van der Waals surface area contributed by atoms with Crippen molar-refractivity contribution >= 4 is 23.8 Å². The van der Waals surface area contributed by atoms with Crippen molar-refractivity contribution in [3.05, 3.63) is 0 Å². The molecule has 0 aromatic carbocycles. The van der Waals surface area contributed by atoms with Gasteiger partial charge in [0, 0.05) is 4.75 Å². The highest BCUT2D eigenvalue weighted by molar-refractivity contribution is 8.00. The van der Waals surface area contributed by atoms with Crippen molar-refractivity contribution in [2.45, 2.75) is 38.5 Å². The van der Waals surface area contributed by atoms with Crippen molar-refractivity contribution in [3.63, 3.8) is 0 Å². The van der Waals surface area contributed by atoms with Gasteiger partial charge in [0.05, 0.1) is 12.5 Å². The Hall–Kier alpha value is -0.910. The van der Waals surface area contributed by atoms with Gasteiger partial charge in [-0.05, 0) is 19.8 Å². The first-order valence-corrected chi connectivity index (χ1v) is 6.54. The Morgan fingerprint density at radius 2 is 2.12 bits per heavy atom. The van der Waals surface area contributed by atoms with Crippen LogP contribution >= 0.6 is 11.8 Å². The molecule has 1 heterocycles. The van der Waals surface area contributed by atoms with Gasteiger partial charge in [-0.15, -0.1) is 11.8 Å². The molecule has 0 radical (unpaired) electrons. The number of ether oxygens (including phenoxy) is 1. The van der Waals surface area contributed by atoms with E-state index in [0.29, 0.717) is 12.5 Å². The highest BCUT2D eigenvalue weighted by atomic mass is 32.2. The summed E-state index contributed by atoms with van der Waals surface area (Å²) >= 11 is 1.45. The summed E-state index contributed by atoms with van der Waals surface area (Å²) in [5, 5.41) is 9.18. The smallest absolute Gasteiger partial charge is 0.411 e. The van der Waals surface area contributed by atoms with Crippen LogP contribution in [-0.2, 0) is 9.53 Å². The van der Waals surface area contributed by atoms with E-state index >= 15 is 0 Å². The van der Waals surface area contributed by atoms with Crippen molar-refractivity contribution in [2.75, 3.05) is 12.5 Å². The fourth-order valence-corrected chi connectivity index (χ4v) is 2.79. The molecule has 0 spiro atoms. The van der Waals surface area contributed by atoms with Crippen LogP contribution in [0.4, 0.5) is 4.79 Å². The van der Waals surface area contributed by atoms with E-state index < -0.39 is 22.9 Å². The van der Waals surface area contributed by atoms with Gasteiger partial charge in [-0.3, -0.25) is 4.90 Å². The molecule has 17 heavy (non-hydrogen) atoms. The zero-order valence-corrected chi connectivity index (χ0v) is 11.4. The van der Waals surface area contributed by atoms with E-state index in [4.69, 9.17) is 4.74 Å². The normalized spacial score (nSPS) is 22.9. The Labute approximate surface area is 105 Å². The van der Waals surface area contributed by atoms with Crippen LogP contribution in [0.25, 0.3) is 0 Å². The lowest BCUT2D eigenvalue weighted by atomic mass is 10.0. The topological polar surface area (TPSA) is 66.8 Å². The average Bonchev–Trinajstić information content (AvgIpc) is 2.50. The van der Waals surface area contributed by atoms with Crippen LogP contribution in [0, 0.1) is 5.92 Å². The van der Waals surface area contributed by atoms with Gasteiger partial charge in [-0.1, -0.05) is 13.8 Å². The molecule has 1 amide bonds. The van der Waals surface area contributed by atoms with E-state index in [1.54, 1.807) is 0 Å². The minimum Gasteiger partial charge on any atom is -0.480 e. The molecule has 0 saturated carbocycles. The standard InChI is InChI=1S/C11H19NO4S/c1-7(2)5-16-10(15)12-6-17-11(3,4)8(12)9(13)14/h7-8H,5-6H2,1-4H3,(H,13,14). The van der Waals surface area contributed by atoms with Crippen molar-refractivity contribution in [3.8, 4) is 0 Å². The number of carbonyl (C=O) groups is 2. The average molecular weight is 261 g/mol. The molecule has 1 unspecified atom stereocenters. The van der Waals surface area contributed by atoms with Crippen LogP contribution in [0.15, 0.2) is 0 Å². The Bertz CT molecular complexity index is 317. The van der Waals surface area contributed by atoms with Crippen LogP contribution in [-0.4, -0.2) is 45.3 Å². The molecular formula is C11H19NO4S. The second kappa shape index (κ2) is 5.16. The van der Waals surface area contributed by atoms with Gasteiger partial charge in [0.15, 0.2) is 0 Å². The second-order valence-electron chi connectivity index (χ2n) is 5.06. The van der Waals surface area contributed by atoms with Gasteiger partial charge in [0.25, 0.3) is 0 Å². The lowest BCUT2D eigenvalue weighted by Gasteiger charge is -2.27. The Kier molecular flexibility index (Phi) is 4.30. The van der Waals surface area contributed by atoms with E-state index in [2.05, 4.69) is 0 Å². The lowest BCUT2D eigenvalue weighted by molar-refractivity contribution is -0.142. The van der Waals surface area contributed by atoms with Crippen molar-refractivity contribution in [2.24, 2.45) is 5.92 Å². The number of hydrogen-bond donors (Lipinski definition) is 1. The van der Waals surface area contributed by atoms with Crippen LogP contribution in [0.2, 0.25) is 0 Å². The van der Waals surface area contributed by atoms with E-state index in [1.807, 2.05) is 27.7 Å². The first-order valence-electron chi connectivity index (χ1n) is 5.56. The number of carbonyl (C=O) groups excluding carboxylic acids is 1. The molecule has 0 aliphatic carbocycles. The monoisotopic (exact) mass is 261 g/mol. The summed E-state index contributed by atoms with van der Waals surface area (Å²) in [7, 11) is 0. The number of aliphatic carboxylic acids is 1. The van der Waals surface area contributed by atoms with E-state index in [0.717, 1.165) is 0 Å². The molecule has 6 heteroatoms. The SMILES string of the molecule is CC(C)COC(=O)N1CSC(C)(C)C1C(=O)O. The summed E-state index contributed by atoms with van der Waals surface area (Å²) in [5.41, 5.74) is 0. The highest BCUT2D eigenvalue weighted by Crippen LogP contribution is 2.39. The quantitative estimate of drug-likeness (QED) is 0.841. The van der Waals surface area contributed by atoms with Gasteiger partial charge in [0.2, 0.25) is 0 Å². The zero-order valence-electron chi connectivity index (χ0n) is 10.6. The third kappa shape index (κ3) is 3.28. The molecule has 0 bridgehead atoms. The van der Waals surface area contributed by atoms with Gasteiger partial charge in [0.1, 0.15) is 6.04 Å². The molecule has 1 fully saturated rings. The second-order valence-corrected chi connectivity index (χ2v) is 6.66. The molecule has 5 nitrogen and oxygen atoms in total. The fraction of sp³-hybridized carbons (Fsp3) is 0.818. The molecule has 1 aliphatic heterocycles. The van der Waals surface area contributed by atoms with Gasteiger partial charge in [-0.25, -0.2) is 9.59 Å². The third-order valence-corrected chi connectivity index (χ3v) is 3.93. The van der Waals surface area contributed by atoms with E-state index in [-0.39, 0.29) is 5.92 Å². The molecule has 1 atom stereocenters. The number of thioether (sulfide) groups is 1. The highest BCUT2D eigenvalue weighted by Gasteiger charge is 2.48.